The predicted octanol–water partition coefficient (Wildman–Crippen LogP) is 1.70. The number of pyridine rings is 1. The van der Waals surface area contributed by atoms with Crippen molar-refractivity contribution in [2.75, 3.05) is 11.9 Å². The highest BCUT2D eigenvalue weighted by Gasteiger charge is 2.30. The maximum Gasteiger partial charge on any atom is 0.416 e. The molecule has 0 saturated heterocycles. The van der Waals surface area contributed by atoms with E-state index in [4.69, 9.17) is 5.11 Å². The summed E-state index contributed by atoms with van der Waals surface area (Å²) in [5.74, 6) is -1.37. The van der Waals surface area contributed by atoms with Gasteiger partial charge in [-0.2, -0.15) is 13.2 Å². The summed E-state index contributed by atoms with van der Waals surface area (Å²) in [6.07, 6.45) is -3.90. The van der Waals surface area contributed by atoms with Crippen molar-refractivity contribution >= 4 is 17.8 Å². The standard InChI is InChI=1S/C10H10F3N3O3/c11-10(12,13)6-1-3-14-7(5-6)16-9(19)15-4-2-8(17)18/h1,3,5H,2,4H2,(H,17,18)(H2,14,15,16,19). The summed E-state index contributed by atoms with van der Waals surface area (Å²) in [4.78, 5) is 25.0. The Morgan fingerprint density at radius 2 is 2.05 bits per heavy atom. The van der Waals surface area contributed by atoms with Crippen LogP contribution in [0.3, 0.4) is 0 Å². The first-order valence-electron chi connectivity index (χ1n) is 5.09. The van der Waals surface area contributed by atoms with Gasteiger partial charge in [0.2, 0.25) is 0 Å². The monoisotopic (exact) mass is 277 g/mol. The quantitative estimate of drug-likeness (QED) is 0.781. The lowest BCUT2D eigenvalue weighted by molar-refractivity contribution is -0.138. The molecule has 0 aliphatic heterocycles. The molecule has 0 saturated carbocycles. The van der Waals surface area contributed by atoms with Gasteiger partial charge < -0.3 is 10.4 Å². The Hall–Kier alpha value is -2.32. The minimum Gasteiger partial charge on any atom is -0.481 e. The van der Waals surface area contributed by atoms with E-state index in [0.717, 1.165) is 12.3 Å². The summed E-state index contributed by atoms with van der Waals surface area (Å²) in [6.45, 7) is -0.139. The third-order valence-corrected chi connectivity index (χ3v) is 1.95. The van der Waals surface area contributed by atoms with E-state index < -0.39 is 23.7 Å². The molecule has 0 unspecified atom stereocenters. The summed E-state index contributed by atoms with van der Waals surface area (Å²) < 4.78 is 37.1. The number of nitrogens with one attached hydrogen (secondary N) is 2. The number of carbonyl (C=O) groups is 2. The minimum atomic E-state index is -4.53. The fourth-order valence-corrected chi connectivity index (χ4v) is 1.12. The van der Waals surface area contributed by atoms with E-state index in [0.29, 0.717) is 6.07 Å². The molecule has 6 nitrogen and oxygen atoms in total. The van der Waals surface area contributed by atoms with Gasteiger partial charge in [0, 0.05) is 12.7 Å². The van der Waals surface area contributed by atoms with E-state index in [9.17, 15) is 22.8 Å². The van der Waals surface area contributed by atoms with Crippen molar-refractivity contribution in [2.24, 2.45) is 0 Å². The molecule has 19 heavy (non-hydrogen) atoms. The number of anilines is 1. The number of aromatic nitrogens is 1. The molecule has 0 bridgehead atoms. The molecule has 0 fully saturated rings. The number of carboxylic acid groups (broad SMARTS) is 1. The SMILES string of the molecule is O=C(O)CCNC(=O)Nc1cc(C(F)(F)F)ccn1. The van der Waals surface area contributed by atoms with Crippen LogP contribution in [0.2, 0.25) is 0 Å². The van der Waals surface area contributed by atoms with Crippen LogP contribution < -0.4 is 10.6 Å². The zero-order chi connectivity index (χ0) is 14.5. The van der Waals surface area contributed by atoms with Crippen molar-refractivity contribution in [3.8, 4) is 0 Å². The fraction of sp³-hybridized carbons (Fsp3) is 0.300. The topological polar surface area (TPSA) is 91.3 Å². The number of amides is 2. The van der Waals surface area contributed by atoms with Gasteiger partial charge in [-0.15, -0.1) is 0 Å². The second kappa shape index (κ2) is 6.03. The Labute approximate surface area is 105 Å². The van der Waals surface area contributed by atoms with Gasteiger partial charge in [0.1, 0.15) is 5.82 Å². The van der Waals surface area contributed by atoms with Gasteiger partial charge >= 0.3 is 18.2 Å². The summed E-state index contributed by atoms with van der Waals surface area (Å²) in [7, 11) is 0. The highest BCUT2D eigenvalue weighted by molar-refractivity contribution is 5.88. The first kappa shape index (κ1) is 14.7. The number of nitrogens with zero attached hydrogens (tertiary/aromatic N) is 1. The van der Waals surface area contributed by atoms with Crippen molar-refractivity contribution in [3.63, 3.8) is 0 Å². The zero-order valence-corrected chi connectivity index (χ0v) is 9.49. The Bertz CT molecular complexity index is 477. The minimum absolute atomic E-state index is 0.139. The average Bonchev–Trinajstić information content (AvgIpc) is 2.27. The van der Waals surface area contributed by atoms with Crippen molar-refractivity contribution < 1.29 is 27.9 Å². The van der Waals surface area contributed by atoms with Crippen LogP contribution >= 0.6 is 0 Å². The molecule has 2 amide bonds. The van der Waals surface area contributed by atoms with Gasteiger partial charge in [-0.25, -0.2) is 9.78 Å². The summed E-state index contributed by atoms with van der Waals surface area (Å²) >= 11 is 0. The number of alkyl halides is 3. The van der Waals surface area contributed by atoms with Gasteiger partial charge in [-0.1, -0.05) is 0 Å². The lowest BCUT2D eigenvalue weighted by Gasteiger charge is -2.09. The van der Waals surface area contributed by atoms with Crippen molar-refractivity contribution in [1.29, 1.82) is 0 Å². The van der Waals surface area contributed by atoms with E-state index in [2.05, 4.69) is 15.6 Å². The molecule has 1 rings (SSSR count). The Morgan fingerprint density at radius 1 is 1.37 bits per heavy atom. The number of halogens is 3. The summed E-state index contributed by atoms with van der Waals surface area (Å²) in [6, 6.07) is 0.623. The van der Waals surface area contributed by atoms with Crippen LogP contribution in [0, 0.1) is 0 Å². The predicted molar refractivity (Wildman–Crippen MR) is 58.5 cm³/mol. The van der Waals surface area contributed by atoms with Crippen LogP contribution in [-0.2, 0) is 11.0 Å². The maximum absolute atomic E-state index is 12.4. The van der Waals surface area contributed by atoms with E-state index in [-0.39, 0.29) is 18.8 Å². The van der Waals surface area contributed by atoms with Gasteiger partial charge in [0.15, 0.2) is 0 Å². The van der Waals surface area contributed by atoms with E-state index >= 15 is 0 Å². The fourth-order valence-electron chi connectivity index (χ4n) is 1.12. The highest BCUT2D eigenvalue weighted by atomic mass is 19.4. The largest absolute Gasteiger partial charge is 0.481 e. The third kappa shape index (κ3) is 5.23. The second-order valence-corrected chi connectivity index (χ2v) is 3.45. The number of hydrogen-bond donors (Lipinski definition) is 3. The summed E-state index contributed by atoms with van der Waals surface area (Å²) in [5.41, 5.74) is -0.941. The first-order chi connectivity index (χ1) is 8.79. The molecule has 0 radical (unpaired) electrons. The second-order valence-electron chi connectivity index (χ2n) is 3.45. The highest BCUT2D eigenvalue weighted by Crippen LogP contribution is 2.29. The molecule has 0 spiro atoms. The van der Waals surface area contributed by atoms with Crippen LogP contribution in [-0.4, -0.2) is 28.6 Å². The van der Waals surface area contributed by atoms with Crippen molar-refractivity contribution in [2.45, 2.75) is 12.6 Å². The van der Waals surface area contributed by atoms with Crippen LogP contribution in [0.25, 0.3) is 0 Å². The summed E-state index contributed by atoms with van der Waals surface area (Å²) in [5, 5.41) is 12.6. The number of carbonyl (C=O) groups excluding carboxylic acids is 1. The van der Waals surface area contributed by atoms with Crippen molar-refractivity contribution in [1.82, 2.24) is 10.3 Å². The first-order valence-corrected chi connectivity index (χ1v) is 5.09. The number of rotatable bonds is 4. The molecule has 1 aromatic rings. The Balaban J connectivity index is 2.57. The molecule has 9 heteroatoms. The molecule has 1 aromatic heterocycles. The van der Waals surface area contributed by atoms with Crippen LogP contribution in [0.15, 0.2) is 18.3 Å². The molecule has 0 aliphatic rings. The molecule has 1 heterocycles. The lowest BCUT2D eigenvalue weighted by atomic mass is 10.2. The van der Waals surface area contributed by atoms with Gasteiger partial charge in [0.05, 0.1) is 12.0 Å². The molecule has 104 valence electrons. The van der Waals surface area contributed by atoms with E-state index in [1.54, 1.807) is 0 Å². The van der Waals surface area contributed by atoms with E-state index in [1.165, 1.54) is 0 Å². The third-order valence-electron chi connectivity index (χ3n) is 1.95. The molecular weight excluding hydrogens is 267 g/mol. The molecule has 0 atom stereocenters. The number of carboxylic acids is 1. The van der Waals surface area contributed by atoms with Crippen LogP contribution in [0.1, 0.15) is 12.0 Å². The number of urea groups is 1. The smallest absolute Gasteiger partial charge is 0.416 e. The van der Waals surface area contributed by atoms with Crippen molar-refractivity contribution in [3.05, 3.63) is 23.9 Å². The number of aliphatic carboxylic acids is 1. The van der Waals surface area contributed by atoms with E-state index in [1.807, 2.05) is 0 Å². The zero-order valence-electron chi connectivity index (χ0n) is 9.49. The van der Waals surface area contributed by atoms with Crippen LogP contribution in [0.5, 0.6) is 0 Å². The lowest BCUT2D eigenvalue weighted by Crippen LogP contribution is -2.31. The van der Waals surface area contributed by atoms with Gasteiger partial charge in [-0.05, 0) is 12.1 Å². The van der Waals surface area contributed by atoms with Gasteiger partial charge in [-0.3, -0.25) is 10.1 Å². The Morgan fingerprint density at radius 3 is 2.63 bits per heavy atom. The molecule has 3 N–H and O–H groups in total. The normalized spacial score (nSPS) is 10.9. The maximum atomic E-state index is 12.4. The average molecular weight is 277 g/mol. The Kier molecular flexibility index (Phi) is 4.67. The van der Waals surface area contributed by atoms with Gasteiger partial charge in [0.25, 0.3) is 0 Å². The molecule has 0 aliphatic carbocycles. The molecular formula is C10H10F3N3O3. The van der Waals surface area contributed by atoms with Crippen LogP contribution in [0.4, 0.5) is 23.8 Å². The number of hydrogen-bond acceptors (Lipinski definition) is 3. The molecule has 0 aromatic carbocycles.